The molecule has 0 saturated heterocycles. The Balaban J connectivity index is 3.13. The summed E-state index contributed by atoms with van der Waals surface area (Å²) in [6.45, 7) is 3.76. The first-order valence-electron chi connectivity index (χ1n) is 6.19. The highest BCUT2D eigenvalue weighted by atomic mass is 16.4. The van der Waals surface area contributed by atoms with E-state index >= 15 is 0 Å². The fourth-order valence-corrected chi connectivity index (χ4v) is 2.01. The minimum atomic E-state index is -1.46. The van der Waals surface area contributed by atoms with Crippen molar-refractivity contribution in [3.63, 3.8) is 0 Å². The van der Waals surface area contributed by atoms with Gasteiger partial charge in [0.1, 0.15) is 5.75 Å². The van der Waals surface area contributed by atoms with Crippen LogP contribution < -0.4 is 0 Å². The van der Waals surface area contributed by atoms with E-state index in [1.54, 1.807) is 12.1 Å². The zero-order chi connectivity index (χ0) is 14.6. The molecule has 0 aliphatic heterocycles. The number of aromatic hydroxyl groups is 1. The highest BCUT2D eigenvalue weighted by molar-refractivity contribution is 5.93. The molecule has 19 heavy (non-hydrogen) atoms. The molecule has 0 fully saturated rings. The molecule has 3 N–H and O–H groups in total. The van der Waals surface area contributed by atoms with E-state index in [0.29, 0.717) is 29.5 Å². The number of rotatable bonds is 6. The molecule has 0 radical (unpaired) electrons. The molecule has 0 saturated carbocycles. The van der Waals surface area contributed by atoms with Gasteiger partial charge in [0.05, 0.1) is 0 Å². The van der Waals surface area contributed by atoms with Crippen molar-refractivity contribution in [1.82, 2.24) is 0 Å². The molecule has 104 valence electrons. The van der Waals surface area contributed by atoms with Crippen LogP contribution in [0, 0.1) is 5.92 Å². The van der Waals surface area contributed by atoms with Crippen molar-refractivity contribution in [2.24, 2.45) is 5.92 Å². The van der Waals surface area contributed by atoms with Crippen LogP contribution in [0.2, 0.25) is 0 Å². The van der Waals surface area contributed by atoms with Gasteiger partial charge in [-0.05, 0) is 36.0 Å². The normalized spacial score (nSPS) is 10.7. The Bertz CT molecular complexity index is 454. The van der Waals surface area contributed by atoms with Gasteiger partial charge in [-0.15, -0.1) is 0 Å². The molecule has 5 heteroatoms. The molecule has 5 nitrogen and oxygen atoms in total. The lowest BCUT2D eigenvalue weighted by atomic mass is 9.94. The summed E-state index contributed by atoms with van der Waals surface area (Å²) in [4.78, 5) is 21.8. The summed E-state index contributed by atoms with van der Waals surface area (Å²) in [5.74, 6) is -3.94. The third-order valence-electron chi connectivity index (χ3n) is 3.13. The monoisotopic (exact) mass is 266 g/mol. The number of hydrogen-bond acceptors (Lipinski definition) is 3. The number of aryl methyl sites for hydroxylation is 2. The van der Waals surface area contributed by atoms with E-state index in [9.17, 15) is 14.7 Å². The number of carboxylic acids is 2. The van der Waals surface area contributed by atoms with Gasteiger partial charge in [0.2, 0.25) is 0 Å². The molecule has 0 aliphatic carbocycles. The third kappa shape index (κ3) is 3.47. The lowest BCUT2D eigenvalue weighted by molar-refractivity contribution is -0.154. The van der Waals surface area contributed by atoms with Crippen molar-refractivity contribution in [3.8, 4) is 5.75 Å². The number of phenolic OH excluding ortho intramolecular Hbond substituents is 1. The third-order valence-corrected chi connectivity index (χ3v) is 3.13. The lowest BCUT2D eigenvalue weighted by Gasteiger charge is -2.13. The first-order valence-corrected chi connectivity index (χ1v) is 6.19. The predicted molar refractivity (Wildman–Crippen MR) is 69.3 cm³/mol. The van der Waals surface area contributed by atoms with Crippen molar-refractivity contribution in [3.05, 3.63) is 28.8 Å². The molecule has 1 aromatic carbocycles. The Morgan fingerprint density at radius 3 is 1.79 bits per heavy atom. The Kier molecular flexibility index (Phi) is 4.92. The van der Waals surface area contributed by atoms with Crippen LogP contribution in [0.15, 0.2) is 12.1 Å². The Labute approximate surface area is 111 Å². The zero-order valence-electron chi connectivity index (χ0n) is 11.0. The van der Waals surface area contributed by atoms with Crippen LogP contribution in [0.1, 0.15) is 30.5 Å². The summed E-state index contributed by atoms with van der Waals surface area (Å²) in [5.41, 5.74) is 2.05. The van der Waals surface area contributed by atoms with Crippen LogP contribution in [0.4, 0.5) is 0 Å². The maximum absolute atomic E-state index is 10.9. The Morgan fingerprint density at radius 1 is 1.05 bits per heavy atom. The molecule has 0 bridgehead atoms. The quantitative estimate of drug-likeness (QED) is 0.683. The van der Waals surface area contributed by atoms with Crippen molar-refractivity contribution in [1.29, 1.82) is 0 Å². The molecule has 0 heterocycles. The van der Waals surface area contributed by atoms with Gasteiger partial charge < -0.3 is 15.3 Å². The van der Waals surface area contributed by atoms with E-state index in [1.807, 2.05) is 13.8 Å². The summed E-state index contributed by atoms with van der Waals surface area (Å²) in [7, 11) is 0. The van der Waals surface area contributed by atoms with E-state index in [1.165, 1.54) is 0 Å². The van der Waals surface area contributed by atoms with E-state index in [4.69, 9.17) is 10.2 Å². The van der Waals surface area contributed by atoms with Gasteiger partial charge in [-0.2, -0.15) is 0 Å². The molecule has 0 spiro atoms. The molecule has 0 aromatic heterocycles. The number of benzene rings is 1. The van der Waals surface area contributed by atoms with E-state index in [-0.39, 0.29) is 12.2 Å². The average Bonchev–Trinajstić information content (AvgIpc) is 2.36. The van der Waals surface area contributed by atoms with Crippen LogP contribution in [0.3, 0.4) is 0 Å². The van der Waals surface area contributed by atoms with Crippen molar-refractivity contribution >= 4 is 11.9 Å². The van der Waals surface area contributed by atoms with Gasteiger partial charge in [0, 0.05) is 0 Å². The average molecular weight is 266 g/mol. The van der Waals surface area contributed by atoms with Crippen LogP contribution in [0.25, 0.3) is 0 Å². The minimum absolute atomic E-state index is 0.0784. The number of aliphatic carboxylic acids is 2. The topological polar surface area (TPSA) is 94.8 Å². The number of hydrogen-bond donors (Lipinski definition) is 3. The van der Waals surface area contributed by atoms with Crippen molar-refractivity contribution < 1.29 is 24.9 Å². The van der Waals surface area contributed by atoms with Crippen LogP contribution in [-0.2, 0) is 28.9 Å². The predicted octanol–water partition coefficient (Wildman–Crippen LogP) is 1.84. The fourth-order valence-electron chi connectivity index (χ4n) is 2.01. The summed E-state index contributed by atoms with van der Waals surface area (Å²) < 4.78 is 0. The maximum Gasteiger partial charge on any atom is 0.318 e. The van der Waals surface area contributed by atoms with Crippen LogP contribution in [-0.4, -0.2) is 27.3 Å². The number of carbonyl (C=O) groups is 2. The molecule has 1 aromatic rings. The lowest BCUT2D eigenvalue weighted by Crippen LogP contribution is -2.25. The zero-order valence-corrected chi connectivity index (χ0v) is 11.0. The molecule has 0 aliphatic rings. The van der Waals surface area contributed by atoms with E-state index in [2.05, 4.69) is 0 Å². The number of phenols is 1. The maximum atomic E-state index is 10.9. The number of carboxylic acid groups (broad SMARTS) is 2. The molecular weight excluding hydrogens is 248 g/mol. The summed E-state index contributed by atoms with van der Waals surface area (Å²) in [6.07, 6.45) is 1.14. The van der Waals surface area contributed by atoms with Gasteiger partial charge in [-0.3, -0.25) is 9.59 Å². The smallest absolute Gasteiger partial charge is 0.318 e. The second-order valence-corrected chi connectivity index (χ2v) is 4.40. The summed E-state index contributed by atoms with van der Waals surface area (Å²) in [5, 5.41) is 27.7. The van der Waals surface area contributed by atoms with Gasteiger partial charge in [0.25, 0.3) is 0 Å². The first kappa shape index (κ1) is 15.0. The minimum Gasteiger partial charge on any atom is -0.507 e. The molecule has 0 atom stereocenters. The van der Waals surface area contributed by atoms with Gasteiger partial charge >= 0.3 is 11.9 Å². The molecule has 0 amide bonds. The van der Waals surface area contributed by atoms with Gasteiger partial charge in [0.15, 0.2) is 5.92 Å². The Morgan fingerprint density at radius 2 is 1.47 bits per heavy atom. The van der Waals surface area contributed by atoms with Crippen LogP contribution >= 0.6 is 0 Å². The summed E-state index contributed by atoms with van der Waals surface area (Å²) in [6, 6.07) is 3.35. The second kappa shape index (κ2) is 6.22. The first-order chi connectivity index (χ1) is 8.90. The van der Waals surface area contributed by atoms with Crippen molar-refractivity contribution in [2.75, 3.05) is 0 Å². The van der Waals surface area contributed by atoms with E-state index in [0.717, 1.165) is 0 Å². The summed E-state index contributed by atoms with van der Waals surface area (Å²) >= 11 is 0. The molecule has 1 rings (SSSR count). The Hall–Kier alpha value is -2.04. The van der Waals surface area contributed by atoms with Gasteiger partial charge in [-0.25, -0.2) is 0 Å². The van der Waals surface area contributed by atoms with Crippen LogP contribution in [0.5, 0.6) is 5.75 Å². The molecule has 0 unspecified atom stereocenters. The standard InChI is InChI=1S/C14H18O5/c1-3-9-5-8(6-10(4-2)12(9)15)7-11(13(16)17)14(18)19/h5-6,11,15H,3-4,7H2,1-2H3,(H,16,17)(H,18,19). The largest absolute Gasteiger partial charge is 0.507 e. The van der Waals surface area contributed by atoms with E-state index < -0.39 is 17.9 Å². The van der Waals surface area contributed by atoms with Crippen molar-refractivity contribution in [2.45, 2.75) is 33.1 Å². The SMILES string of the molecule is CCc1cc(CC(C(=O)O)C(=O)O)cc(CC)c1O. The van der Waals surface area contributed by atoms with Gasteiger partial charge in [-0.1, -0.05) is 26.0 Å². The fraction of sp³-hybridized carbons (Fsp3) is 0.429. The second-order valence-electron chi connectivity index (χ2n) is 4.40. The highest BCUT2D eigenvalue weighted by Gasteiger charge is 2.26. The highest BCUT2D eigenvalue weighted by Crippen LogP contribution is 2.27. The molecular formula is C14H18O5.